The Bertz CT molecular complexity index is 260. The van der Waals surface area contributed by atoms with Crippen molar-refractivity contribution in [3.8, 4) is 6.07 Å². The minimum Gasteiger partial charge on any atom is -0.300 e. The Balaban J connectivity index is 1.91. The van der Waals surface area contributed by atoms with Crippen molar-refractivity contribution in [2.24, 2.45) is 11.3 Å². The number of nitriles is 1. The van der Waals surface area contributed by atoms with Crippen LogP contribution in [0.1, 0.15) is 46.0 Å². The van der Waals surface area contributed by atoms with Crippen molar-refractivity contribution < 1.29 is 0 Å². The molecule has 2 fully saturated rings. The van der Waals surface area contributed by atoms with Crippen molar-refractivity contribution in [2.75, 3.05) is 13.1 Å². The first-order valence-electron chi connectivity index (χ1n) is 6.28. The van der Waals surface area contributed by atoms with Crippen molar-refractivity contribution >= 4 is 0 Å². The van der Waals surface area contributed by atoms with Gasteiger partial charge in [0.1, 0.15) is 0 Å². The van der Waals surface area contributed by atoms with Gasteiger partial charge < -0.3 is 0 Å². The van der Waals surface area contributed by atoms with Gasteiger partial charge in [0.25, 0.3) is 0 Å². The SMILES string of the molecule is CC(C)C1CCCN1CC1(CC#N)CC1. The van der Waals surface area contributed by atoms with E-state index in [2.05, 4.69) is 24.8 Å². The number of hydrogen-bond donors (Lipinski definition) is 0. The maximum absolute atomic E-state index is 8.82. The summed E-state index contributed by atoms with van der Waals surface area (Å²) in [6.45, 7) is 7.10. The van der Waals surface area contributed by atoms with Crippen LogP contribution >= 0.6 is 0 Å². The molecule has 1 aliphatic carbocycles. The summed E-state index contributed by atoms with van der Waals surface area (Å²) in [5.74, 6) is 0.769. The third-order valence-corrected chi connectivity index (χ3v) is 4.13. The van der Waals surface area contributed by atoms with E-state index in [1.165, 1.54) is 38.8 Å². The highest BCUT2D eigenvalue weighted by Crippen LogP contribution is 2.50. The molecule has 84 valence electrons. The second-order valence-corrected chi connectivity index (χ2v) is 5.76. The average Bonchev–Trinajstić information content (AvgIpc) is 2.77. The van der Waals surface area contributed by atoms with E-state index in [1.807, 2.05) is 0 Å². The van der Waals surface area contributed by atoms with Crippen LogP contribution in [-0.2, 0) is 0 Å². The quantitative estimate of drug-likeness (QED) is 0.707. The topological polar surface area (TPSA) is 27.0 Å². The lowest BCUT2D eigenvalue weighted by Gasteiger charge is -2.30. The zero-order chi connectivity index (χ0) is 10.9. The molecule has 1 unspecified atom stereocenters. The van der Waals surface area contributed by atoms with Crippen molar-refractivity contribution in [3.63, 3.8) is 0 Å². The third-order valence-electron chi connectivity index (χ3n) is 4.13. The number of hydrogen-bond acceptors (Lipinski definition) is 2. The minimum absolute atomic E-state index is 0.395. The summed E-state index contributed by atoms with van der Waals surface area (Å²) in [5.41, 5.74) is 0.395. The summed E-state index contributed by atoms with van der Waals surface area (Å²) >= 11 is 0. The fraction of sp³-hybridized carbons (Fsp3) is 0.923. The van der Waals surface area contributed by atoms with Crippen molar-refractivity contribution in [1.29, 1.82) is 5.26 Å². The van der Waals surface area contributed by atoms with E-state index in [4.69, 9.17) is 5.26 Å². The predicted molar refractivity (Wildman–Crippen MR) is 61.3 cm³/mol. The van der Waals surface area contributed by atoms with Crippen LogP contribution in [0, 0.1) is 22.7 Å². The maximum atomic E-state index is 8.82. The van der Waals surface area contributed by atoms with Gasteiger partial charge in [0.05, 0.1) is 6.07 Å². The number of likely N-dealkylation sites (tertiary alicyclic amines) is 1. The van der Waals surface area contributed by atoms with Crippen LogP contribution in [-0.4, -0.2) is 24.0 Å². The molecule has 15 heavy (non-hydrogen) atoms. The van der Waals surface area contributed by atoms with Gasteiger partial charge in [-0.15, -0.1) is 0 Å². The highest BCUT2D eigenvalue weighted by molar-refractivity contribution is 5.02. The summed E-state index contributed by atoms with van der Waals surface area (Å²) in [6, 6.07) is 3.14. The van der Waals surface area contributed by atoms with E-state index in [0.29, 0.717) is 5.41 Å². The molecule has 0 aromatic heterocycles. The molecule has 1 heterocycles. The van der Waals surface area contributed by atoms with E-state index in [-0.39, 0.29) is 0 Å². The Hall–Kier alpha value is -0.550. The smallest absolute Gasteiger partial charge is 0.0628 e. The Labute approximate surface area is 93.3 Å². The highest BCUT2D eigenvalue weighted by atomic mass is 15.2. The molecule has 0 radical (unpaired) electrons. The van der Waals surface area contributed by atoms with Gasteiger partial charge in [0.2, 0.25) is 0 Å². The number of nitrogens with zero attached hydrogens (tertiary/aromatic N) is 2. The predicted octanol–water partition coefficient (Wildman–Crippen LogP) is 2.80. The highest BCUT2D eigenvalue weighted by Gasteiger charge is 2.45. The molecule has 2 nitrogen and oxygen atoms in total. The van der Waals surface area contributed by atoms with Gasteiger partial charge in [-0.1, -0.05) is 13.8 Å². The first kappa shape index (κ1) is 11.0. The van der Waals surface area contributed by atoms with Crippen LogP contribution in [0.25, 0.3) is 0 Å². The Morgan fingerprint density at radius 3 is 2.73 bits per heavy atom. The van der Waals surface area contributed by atoms with E-state index in [1.54, 1.807) is 0 Å². The van der Waals surface area contributed by atoms with Crippen LogP contribution in [0.5, 0.6) is 0 Å². The molecule has 1 saturated carbocycles. The number of rotatable bonds is 4. The Morgan fingerprint density at radius 2 is 2.20 bits per heavy atom. The molecule has 0 bridgehead atoms. The van der Waals surface area contributed by atoms with Gasteiger partial charge in [0, 0.05) is 19.0 Å². The largest absolute Gasteiger partial charge is 0.300 e. The molecule has 0 N–H and O–H groups in total. The lowest BCUT2D eigenvalue weighted by molar-refractivity contribution is 0.169. The van der Waals surface area contributed by atoms with Crippen LogP contribution in [0.2, 0.25) is 0 Å². The summed E-state index contributed by atoms with van der Waals surface area (Å²) < 4.78 is 0. The van der Waals surface area contributed by atoms with Gasteiger partial charge in [-0.2, -0.15) is 5.26 Å². The van der Waals surface area contributed by atoms with Crippen LogP contribution in [0.3, 0.4) is 0 Å². The molecule has 1 saturated heterocycles. The van der Waals surface area contributed by atoms with E-state index >= 15 is 0 Å². The van der Waals surface area contributed by atoms with Gasteiger partial charge in [0.15, 0.2) is 0 Å². The van der Waals surface area contributed by atoms with Gasteiger partial charge >= 0.3 is 0 Å². The molecule has 2 heteroatoms. The Kier molecular flexibility index (Phi) is 3.02. The minimum atomic E-state index is 0.395. The lowest BCUT2D eigenvalue weighted by atomic mass is 9.98. The van der Waals surface area contributed by atoms with E-state index in [9.17, 15) is 0 Å². The molecular weight excluding hydrogens is 184 g/mol. The monoisotopic (exact) mass is 206 g/mol. The van der Waals surface area contributed by atoms with E-state index in [0.717, 1.165) is 18.4 Å². The molecule has 0 spiro atoms. The molecular formula is C13H22N2. The maximum Gasteiger partial charge on any atom is 0.0628 e. The van der Waals surface area contributed by atoms with Crippen molar-refractivity contribution in [3.05, 3.63) is 0 Å². The molecule has 0 aromatic rings. The molecule has 2 aliphatic rings. The summed E-state index contributed by atoms with van der Waals surface area (Å²) in [7, 11) is 0. The summed E-state index contributed by atoms with van der Waals surface area (Å²) in [4.78, 5) is 2.65. The Morgan fingerprint density at radius 1 is 1.47 bits per heavy atom. The third kappa shape index (κ3) is 2.34. The fourth-order valence-corrected chi connectivity index (χ4v) is 2.97. The second kappa shape index (κ2) is 4.14. The lowest BCUT2D eigenvalue weighted by Crippen LogP contribution is -2.37. The van der Waals surface area contributed by atoms with E-state index < -0.39 is 0 Å². The molecule has 0 aromatic carbocycles. The summed E-state index contributed by atoms with van der Waals surface area (Å²) in [6.07, 6.45) is 6.05. The standard InChI is InChI=1S/C13H22N2/c1-11(2)12-4-3-9-15(12)10-13(5-6-13)7-8-14/h11-12H,3-7,9-10H2,1-2H3. The average molecular weight is 206 g/mol. The van der Waals surface area contributed by atoms with Crippen LogP contribution < -0.4 is 0 Å². The molecule has 1 atom stereocenters. The second-order valence-electron chi connectivity index (χ2n) is 5.76. The van der Waals surface area contributed by atoms with Gasteiger partial charge in [-0.25, -0.2) is 0 Å². The normalized spacial score (nSPS) is 29.3. The zero-order valence-corrected chi connectivity index (χ0v) is 10.00. The fourth-order valence-electron chi connectivity index (χ4n) is 2.97. The van der Waals surface area contributed by atoms with Crippen molar-refractivity contribution in [2.45, 2.75) is 52.0 Å². The first-order chi connectivity index (χ1) is 7.17. The summed E-state index contributed by atoms with van der Waals surface area (Å²) in [5, 5.41) is 8.82. The molecule has 0 amide bonds. The van der Waals surface area contributed by atoms with Crippen LogP contribution in [0.4, 0.5) is 0 Å². The van der Waals surface area contributed by atoms with Crippen LogP contribution in [0.15, 0.2) is 0 Å². The zero-order valence-electron chi connectivity index (χ0n) is 10.00. The van der Waals surface area contributed by atoms with Gasteiger partial charge in [-0.3, -0.25) is 4.90 Å². The van der Waals surface area contributed by atoms with Gasteiger partial charge in [-0.05, 0) is 43.6 Å². The molecule has 2 rings (SSSR count). The van der Waals surface area contributed by atoms with Crippen molar-refractivity contribution in [1.82, 2.24) is 4.90 Å². The first-order valence-corrected chi connectivity index (χ1v) is 6.28. The molecule has 1 aliphatic heterocycles.